The molecule has 10 heavy (non-hydrogen) atoms. The summed E-state index contributed by atoms with van der Waals surface area (Å²) < 4.78 is 9.63. The Hall–Kier alpha value is -0.570. The third kappa shape index (κ3) is 2.35. The molecule has 0 saturated carbocycles. The number of hydrogen-bond acceptors (Lipinski definition) is 3. The summed E-state index contributed by atoms with van der Waals surface area (Å²) in [5.74, 6) is 0.402. The van der Waals surface area contributed by atoms with Crippen molar-refractivity contribution >= 4 is 6.47 Å². The van der Waals surface area contributed by atoms with Crippen LogP contribution in [0.15, 0.2) is 0 Å². The van der Waals surface area contributed by atoms with E-state index < -0.39 is 0 Å². The van der Waals surface area contributed by atoms with Crippen molar-refractivity contribution in [2.45, 2.75) is 12.8 Å². The average Bonchev–Trinajstić information content (AvgIpc) is 2.03. The van der Waals surface area contributed by atoms with E-state index >= 15 is 0 Å². The molecule has 1 fully saturated rings. The van der Waals surface area contributed by atoms with Gasteiger partial charge in [0.25, 0.3) is 6.47 Å². The molecule has 1 radical (unpaired) electrons. The summed E-state index contributed by atoms with van der Waals surface area (Å²) in [5.41, 5.74) is 0. The molecular weight excluding hydrogens is 132 g/mol. The third-order valence-corrected chi connectivity index (χ3v) is 1.59. The number of rotatable bonds is 3. The zero-order valence-corrected chi connectivity index (χ0v) is 5.79. The van der Waals surface area contributed by atoms with Crippen LogP contribution >= 0.6 is 0 Å². The fourth-order valence-electron chi connectivity index (χ4n) is 0.995. The molecule has 0 aromatic rings. The maximum atomic E-state index is 9.76. The molecular formula is C7H11O3. The van der Waals surface area contributed by atoms with Gasteiger partial charge in [-0.05, 0) is 12.8 Å². The number of hydrogen-bond donors (Lipinski definition) is 0. The first-order valence-electron chi connectivity index (χ1n) is 3.43. The highest BCUT2D eigenvalue weighted by Gasteiger charge is 2.14. The lowest BCUT2D eigenvalue weighted by Crippen LogP contribution is -2.16. The third-order valence-electron chi connectivity index (χ3n) is 1.59. The fourth-order valence-corrected chi connectivity index (χ4v) is 0.995. The van der Waals surface area contributed by atoms with E-state index in [1.807, 2.05) is 0 Å². The molecule has 3 nitrogen and oxygen atoms in total. The van der Waals surface area contributed by atoms with Gasteiger partial charge in [-0.2, -0.15) is 0 Å². The first-order valence-corrected chi connectivity index (χ1v) is 3.43. The van der Waals surface area contributed by atoms with Crippen molar-refractivity contribution in [2.75, 3.05) is 13.2 Å². The summed E-state index contributed by atoms with van der Waals surface area (Å²) in [7, 11) is 0. The van der Waals surface area contributed by atoms with Crippen molar-refractivity contribution in [2.24, 2.45) is 5.92 Å². The Balaban J connectivity index is 2.07. The van der Waals surface area contributed by atoms with Crippen molar-refractivity contribution in [3.63, 3.8) is 0 Å². The predicted octanol–water partition coefficient (Wildman–Crippen LogP) is 0.748. The molecule has 57 valence electrons. The van der Waals surface area contributed by atoms with E-state index in [1.54, 1.807) is 6.61 Å². The van der Waals surface area contributed by atoms with Crippen LogP contribution in [0, 0.1) is 12.5 Å². The summed E-state index contributed by atoms with van der Waals surface area (Å²) in [6.45, 7) is 3.61. The van der Waals surface area contributed by atoms with Gasteiger partial charge in [-0.3, -0.25) is 4.79 Å². The van der Waals surface area contributed by atoms with E-state index in [9.17, 15) is 4.79 Å². The average molecular weight is 143 g/mol. The maximum absolute atomic E-state index is 9.76. The van der Waals surface area contributed by atoms with Crippen LogP contribution < -0.4 is 0 Å². The van der Waals surface area contributed by atoms with Gasteiger partial charge in [0.05, 0.1) is 0 Å². The summed E-state index contributed by atoms with van der Waals surface area (Å²) in [4.78, 5) is 9.76. The Bertz CT molecular complexity index is 97.0. The summed E-state index contributed by atoms with van der Waals surface area (Å²) in [6.07, 6.45) is 1.93. The topological polar surface area (TPSA) is 35.5 Å². The molecule has 0 bridgehead atoms. The van der Waals surface area contributed by atoms with Crippen LogP contribution in [0.25, 0.3) is 0 Å². The standard InChI is InChI=1S/C7H11O3/c8-6-10-5-7-1-3-9-4-2-7/h5-7H,1-4H2. The van der Waals surface area contributed by atoms with Gasteiger partial charge in [-0.15, -0.1) is 0 Å². The van der Waals surface area contributed by atoms with Crippen LogP contribution in [0.4, 0.5) is 0 Å². The van der Waals surface area contributed by atoms with Crippen molar-refractivity contribution < 1.29 is 14.3 Å². The Morgan fingerprint density at radius 3 is 2.70 bits per heavy atom. The van der Waals surface area contributed by atoms with Gasteiger partial charge < -0.3 is 9.47 Å². The SMILES string of the molecule is O=CO[CH]C1CCOCC1. The van der Waals surface area contributed by atoms with E-state index in [0.717, 1.165) is 26.1 Å². The molecule has 0 unspecified atom stereocenters. The second kappa shape index (κ2) is 4.28. The van der Waals surface area contributed by atoms with Crippen molar-refractivity contribution in [1.82, 2.24) is 0 Å². The minimum absolute atomic E-state index is 0.402. The molecule has 0 aromatic carbocycles. The highest BCUT2D eigenvalue weighted by Crippen LogP contribution is 2.16. The van der Waals surface area contributed by atoms with Gasteiger partial charge in [-0.25, -0.2) is 0 Å². The number of carbonyl (C=O) groups excluding carboxylic acids is 1. The summed E-state index contributed by atoms with van der Waals surface area (Å²) in [5, 5.41) is 0. The van der Waals surface area contributed by atoms with Gasteiger partial charge in [0.15, 0.2) is 0 Å². The lowest BCUT2D eigenvalue weighted by atomic mass is 10.0. The number of ether oxygens (including phenoxy) is 2. The smallest absolute Gasteiger partial charge is 0.293 e. The van der Waals surface area contributed by atoms with E-state index in [2.05, 4.69) is 4.74 Å². The normalized spacial score (nSPS) is 20.4. The zero-order valence-electron chi connectivity index (χ0n) is 5.79. The summed E-state index contributed by atoms with van der Waals surface area (Å²) >= 11 is 0. The van der Waals surface area contributed by atoms with Gasteiger partial charge in [0.1, 0.15) is 6.61 Å². The van der Waals surface area contributed by atoms with Crippen LogP contribution in [0.1, 0.15) is 12.8 Å². The highest BCUT2D eigenvalue weighted by molar-refractivity contribution is 5.37. The highest BCUT2D eigenvalue weighted by atomic mass is 16.5. The predicted molar refractivity (Wildman–Crippen MR) is 35.0 cm³/mol. The second-order valence-corrected chi connectivity index (χ2v) is 2.32. The quantitative estimate of drug-likeness (QED) is 0.547. The van der Waals surface area contributed by atoms with Crippen LogP contribution in [-0.4, -0.2) is 19.7 Å². The molecule has 1 heterocycles. The van der Waals surface area contributed by atoms with Gasteiger partial charge in [0, 0.05) is 19.1 Å². The van der Waals surface area contributed by atoms with Gasteiger partial charge in [-0.1, -0.05) is 0 Å². The van der Waals surface area contributed by atoms with E-state index in [1.165, 1.54) is 0 Å². The summed E-state index contributed by atoms with van der Waals surface area (Å²) in [6, 6.07) is 0. The van der Waals surface area contributed by atoms with Crippen molar-refractivity contribution in [3.8, 4) is 0 Å². The molecule has 1 aliphatic rings. The molecule has 1 aliphatic heterocycles. The van der Waals surface area contributed by atoms with E-state index in [0.29, 0.717) is 12.4 Å². The monoisotopic (exact) mass is 143 g/mol. The van der Waals surface area contributed by atoms with Gasteiger partial charge in [0.2, 0.25) is 0 Å². The first-order chi connectivity index (χ1) is 4.93. The minimum atomic E-state index is 0.402. The van der Waals surface area contributed by atoms with E-state index in [-0.39, 0.29) is 0 Å². The molecule has 3 heteroatoms. The van der Waals surface area contributed by atoms with Crippen LogP contribution in [0.3, 0.4) is 0 Å². The minimum Gasteiger partial charge on any atom is -0.460 e. The molecule has 0 aliphatic carbocycles. The molecule has 1 saturated heterocycles. The fraction of sp³-hybridized carbons (Fsp3) is 0.714. The maximum Gasteiger partial charge on any atom is 0.293 e. The lowest BCUT2D eigenvalue weighted by molar-refractivity contribution is -0.127. The Morgan fingerprint density at radius 1 is 1.40 bits per heavy atom. The van der Waals surface area contributed by atoms with Crippen LogP contribution in [-0.2, 0) is 14.3 Å². The first kappa shape index (κ1) is 7.54. The molecule has 0 spiro atoms. The largest absolute Gasteiger partial charge is 0.460 e. The second-order valence-electron chi connectivity index (χ2n) is 2.32. The number of carbonyl (C=O) groups is 1. The Morgan fingerprint density at radius 2 is 2.10 bits per heavy atom. The zero-order chi connectivity index (χ0) is 7.23. The Kier molecular flexibility index (Phi) is 3.22. The van der Waals surface area contributed by atoms with Crippen molar-refractivity contribution in [3.05, 3.63) is 6.61 Å². The molecule has 0 aromatic heterocycles. The van der Waals surface area contributed by atoms with Crippen LogP contribution in [0.2, 0.25) is 0 Å². The van der Waals surface area contributed by atoms with E-state index in [4.69, 9.17) is 4.74 Å². The van der Waals surface area contributed by atoms with Gasteiger partial charge >= 0.3 is 0 Å². The molecule has 0 atom stereocenters. The van der Waals surface area contributed by atoms with Crippen molar-refractivity contribution in [1.29, 1.82) is 0 Å². The lowest BCUT2D eigenvalue weighted by Gasteiger charge is -2.19. The molecule has 0 amide bonds. The molecule has 0 N–H and O–H groups in total. The van der Waals surface area contributed by atoms with Crippen LogP contribution in [0.5, 0.6) is 0 Å². The molecule has 1 rings (SSSR count). The Labute approximate surface area is 60.3 Å².